The number of esters is 1. The van der Waals surface area contributed by atoms with Crippen molar-refractivity contribution in [2.45, 2.75) is 31.6 Å². The van der Waals surface area contributed by atoms with Crippen molar-refractivity contribution < 1.29 is 19.1 Å². The Morgan fingerprint density at radius 2 is 1.85 bits per heavy atom. The van der Waals surface area contributed by atoms with Crippen molar-refractivity contribution in [1.29, 1.82) is 0 Å². The minimum Gasteiger partial charge on any atom is -0.482 e. The molecule has 27 heavy (non-hydrogen) atoms. The van der Waals surface area contributed by atoms with Gasteiger partial charge in [0.25, 0.3) is 5.91 Å². The second-order valence-electron chi connectivity index (χ2n) is 6.39. The number of thioether (sulfide) groups is 1. The number of para-hydroxylation sites is 1. The van der Waals surface area contributed by atoms with Crippen LogP contribution in [0.15, 0.2) is 47.4 Å². The summed E-state index contributed by atoms with van der Waals surface area (Å²) in [4.78, 5) is 24.9. The second kappa shape index (κ2) is 10.0. The summed E-state index contributed by atoms with van der Waals surface area (Å²) in [6.07, 6.45) is 1.93. The number of hydrogen-bond acceptors (Lipinski definition) is 5. The second-order valence-corrected chi connectivity index (χ2v) is 7.24. The number of anilines is 1. The van der Waals surface area contributed by atoms with Crippen LogP contribution in [0.1, 0.15) is 30.9 Å². The number of aryl methyl sites for hydroxylation is 1. The summed E-state index contributed by atoms with van der Waals surface area (Å²) in [7, 11) is 0. The van der Waals surface area contributed by atoms with E-state index >= 15 is 0 Å². The standard InChI is InChI=1S/C21H25NO4S/c1-14(2)16-10-9-15(3)11-18(16)25-13-21(24)26-12-20(23)22-17-7-5-6-8-19(17)27-4/h5-11,14H,12-13H2,1-4H3,(H,22,23). The number of ether oxygens (including phenoxy) is 2. The summed E-state index contributed by atoms with van der Waals surface area (Å²) in [5, 5.41) is 2.74. The SMILES string of the molecule is CSc1ccccc1NC(=O)COC(=O)COc1cc(C)ccc1C(C)C. The van der Waals surface area contributed by atoms with Gasteiger partial charge in [-0.05, 0) is 48.4 Å². The van der Waals surface area contributed by atoms with Crippen LogP contribution >= 0.6 is 11.8 Å². The first-order chi connectivity index (χ1) is 12.9. The number of carbonyl (C=O) groups excluding carboxylic acids is 2. The molecule has 0 radical (unpaired) electrons. The molecule has 144 valence electrons. The summed E-state index contributed by atoms with van der Waals surface area (Å²) in [6, 6.07) is 13.4. The molecule has 0 aliphatic carbocycles. The van der Waals surface area contributed by atoms with Crippen molar-refractivity contribution in [2.75, 3.05) is 24.8 Å². The average molecular weight is 388 g/mol. The van der Waals surface area contributed by atoms with Crippen LogP contribution in [0.3, 0.4) is 0 Å². The molecule has 0 aliphatic heterocycles. The van der Waals surface area contributed by atoms with Crippen LogP contribution < -0.4 is 10.1 Å². The van der Waals surface area contributed by atoms with Gasteiger partial charge in [-0.15, -0.1) is 11.8 Å². The minimum atomic E-state index is -0.584. The van der Waals surface area contributed by atoms with Gasteiger partial charge in [-0.2, -0.15) is 0 Å². The molecule has 0 heterocycles. The van der Waals surface area contributed by atoms with Crippen molar-refractivity contribution >= 4 is 29.3 Å². The molecule has 6 heteroatoms. The Balaban J connectivity index is 1.84. The Kier molecular flexibility index (Phi) is 7.73. The van der Waals surface area contributed by atoms with Gasteiger partial charge in [0.2, 0.25) is 0 Å². The van der Waals surface area contributed by atoms with Crippen molar-refractivity contribution in [3.63, 3.8) is 0 Å². The fraction of sp³-hybridized carbons (Fsp3) is 0.333. The first-order valence-corrected chi connectivity index (χ1v) is 9.95. The summed E-state index contributed by atoms with van der Waals surface area (Å²) >= 11 is 1.53. The van der Waals surface area contributed by atoms with Crippen LogP contribution in [-0.4, -0.2) is 31.3 Å². The number of benzene rings is 2. The van der Waals surface area contributed by atoms with Crippen LogP contribution in [0.25, 0.3) is 0 Å². The smallest absolute Gasteiger partial charge is 0.344 e. The lowest BCUT2D eigenvalue weighted by Crippen LogP contribution is -2.24. The normalized spacial score (nSPS) is 10.6. The zero-order valence-corrected chi connectivity index (χ0v) is 16.9. The molecule has 2 aromatic rings. The number of amides is 1. The van der Waals surface area contributed by atoms with E-state index in [1.54, 1.807) is 6.07 Å². The lowest BCUT2D eigenvalue weighted by atomic mass is 10.0. The molecule has 0 aliphatic rings. The van der Waals surface area contributed by atoms with E-state index < -0.39 is 5.97 Å². The van der Waals surface area contributed by atoms with Gasteiger partial charge in [-0.25, -0.2) is 4.79 Å². The average Bonchev–Trinajstić information content (AvgIpc) is 2.65. The molecule has 2 rings (SSSR count). The Hall–Kier alpha value is -2.47. The van der Waals surface area contributed by atoms with E-state index in [-0.39, 0.29) is 25.0 Å². The van der Waals surface area contributed by atoms with Crippen LogP contribution in [-0.2, 0) is 14.3 Å². The number of rotatable bonds is 8. The van der Waals surface area contributed by atoms with E-state index in [9.17, 15) is 9.59 Å². The predicted molar refractivity (Wildman–Crippen MR) is 109 cm³/mol. The molecule has 0 spiro atoms. The zero-order valence-electron chi connectivity index (χ0n) is 16.1. The van der Waals surface area contributed by atoms with Gasteiger partial charge in [-0.1, -0.05) is 38.1 Å². The van der Waals surface area contributed by atoms with Gasteiger partial charge in [0.1, 0.15) is 5.75 Å². The van der Waals surface area contributed by atoms with E-state index in [4.69, 9.17) is 9.47 Å². The summed E-state index contributed by atoms with van der Waals surface area (Å²) in [5.41, 5.74) is 2.78. The van der Waals surface area contributed by atoms with E-state index in [0.29, 0.717) is 11.4 Å². The molecule has 0 aromatic heterocycles. The first kappa shape index (κ1) is 20.8. The topological polar surface area (TPSA) is 64.6 Å². The van der Waals surface area contributed by atoms with Crippen LogP contribution in [0.5, 0.6) is 5.75 Å². The Labute approximate surface area is 164 Å². The summed E-state index contributed by atoms with van der Waals surface area (Å²) in [6.45, 7) is 5.50. The fourth-order valence-electron chi connectivity index (χ4n) is 2.50. The molecule has 0 saturated carbocycles. The lowest BCUT2D eigenvalue weighted by Gasteiger charge is -2.14. The van der Waals surface area contributed by atoms with E-state index in [2.05, 4.69) is 19.2 Å². The molecular weight excluding hydrogens is 362 g/mol. The molecule has 1 N–H and O–H groups in total. The van der Waals surface area contributed by atoms with Crippen molar-refractivity contribution in [3.05, 3.63) is 53.6 Å². The molecule has 0 atom stereocenters. The van der Waals surface area contributed by atoms with Crippen molar-refractivity contribution in [2.24, 2.45) is 0 Å². The van der Waals surface area contributed by atoms with Crippen LogP contribution in [0, 0.1) is 6.92 Å². The highest BCUT2D eigenvalue weighted by atomic mass is 32.2. The highest BCUT2D eigenvalue weighted by molar-refractivity contribution is 7.98. The van der Waals surface area contributed by atoms with Gasteiger partial charge >= 0.3 is 5.97 Å². The van der Waals surface area contributed by atoms with Gasteiger partial charge < -0.3 is 14.8 Å². The van der Waals surface area contributed by atoms with Crippen LogP contribution in [0.4, 0.5) is 5.69 Å². The van der Waals surface area contributed by atoms with Crippen LogP contribution in [0.2, 0.25) is 0 Å². The summed E-state index contributed by atoms with van der Waals surface area (Å²) < 4.78 is 10.6. The maximum Gasteiger partial charge on any atom is 0.344 e. The fourth-order valence-corrected chi connectivity index (χ4v) is 3.06. The number of hydrogen-bond donors (Lipinski definition) is 1. The van der Waals surface area contributed by atoms with Crippen molar-refractivity contribution in [1.82, 2.24) is 0 Å². The molecular formula is C21H25NO4S. The van der Waals surface area contributed by atoms with E-state index in [1.807, 2.05) is 49.6 Å². The van der Waals surface area contributed by atoms with E-state index in [0.717, 1.165) is 16.0 Å². The molecule has 1 amide bonds. The highest BCUT2D eigenvalue weighted by Crippen LogP contribution is 2.27. The zero-order chi connectivity index (χ0) is 19.8. The first-order valence-electron chi connectivity index (χ1n) is 8.72. The molecule has 0 unspecified atom stereocenters. The third kappa shape index (κ3) is 6.32. The lowest BCUT2D eigenvalue weighted by molar-refractivity contribution is -0.149. The van der Waals surface area contributed by atoms with E-state index in [1.165, 1.54) is 11.8 Å². The molecule has 0 fully saturated rings. The van der Waals surface area contributed by atoms with Gasteiger partial charge in [-0.3, -0.25) is 4.79 Å². The third-order valence-corrected chi connectivity index (χ3v) is 4.68. The Bertz CT molecular complexity index is 805. The Morgan fingerprint density at radius 3 is 2.56 bits per heavy atom. The number of nitrogens with one attached hydrogen (secondary N) is 1. The Morgan fingerprint density at radius 1 is 1.11 bits per heavy atom. The molecule has 5 nitrogen and oxygen atoms in total. The van der Waals surface area contributed by atoms with Gasteiger partial charge in [0.15, 0.2) is 13.2 Å². The largest absolute Gasteiger partial charge is 0.482 e. The minimum absolute atomic E-state index is 0.238. The molecule has 0 bridgehead atoms. The maximum absolute atomic E-state index is 12.0. The predicted octanol–water partition coefficient (Wildman–Crippen LogP) is 4.40. The highest BCUT2D eigenvalue weighted by Gasteiger charge is 2.13. The third-order valence-electron chi connectivity index (χ3n) is 3.88. The number of carbonyl (C=O) groups is 2. The molecule has 0 saturated heterocycles. The van der Waals surface area contributed by atoms with Gasteiger partial charge in [0.05, 0.1) is 5.69 Å². The monoisotopic (exact) mass is 387 g/mol. The van der Waals surface area contributed by atoms with Crippen molar-refractivity contribution in [3.8, 4) is 5.75 Å². The maximum atomic E-state index is 12.0. The van der Waals surface area contributed by atoms with Gasteiger partial charge in [0, 0.05) is 4.90 Å². The summed E-state index contributed by atoms with van der Waals surface area (Å²) in [5.74, 6) is -0.0259. The molecule has 2 aromatic carbocycles. The quantitative estimate of drug-likeness (QED) is 0.537.